The van der Waals surface area contributed by atoms with Crippen LogP contribution < -0.4 is 11.1 Å². The average Bonchev–Trinajstić information content (AvgIpc) is 2.55. The molecule has 2 atom stereocenters. The largest absolute Gasteiger partial charge is 0.416 e. The predicted octanol–water partition coefficient (Wildman–Crippen LogP) is 2.68. The summed E-state index contributed by atoms with van der Waals surface area (Å²) < 4.78 is 37.6. The van der Waals surface area contributed by atoms with Crippen LogP contribution in [0.15, 0.2) is 24.3 Å². The van der Waals surface area contributed by atoms with Crippen LogP contribution in [-0.4, -0.2) is 23.0 Å². The number of nitrogens with one attached hydrogen (secondary N) is 1. The molecule has 0 aliphatic rings. The van der Waals surface area contributed by atoms with Crippen LogP contribution in [-0.2, 0) is 15.8 Å². The molecule has 1 aromatic carbocycles. The first-order valence-corrected chi connectivity index (χ1v) is 8.11. The van der Waals surface area contributed by atoms with E-state index >= 15 is 0 Å². The smallest absolute Gasteiger partial charge is 0.378 e. The molecular weight excluding hydrogens is 337 g/mol. The Hall–Kier alpha value is -2.09. The second-order valence-corrected chi connectivity index (χ2v) is 5.84. The molecule has 0 aromatic heterocycles. The first-order valence-electron chi connectivity index (χ1n) is 8.11. The van der Waals surface area contributed by atoms with E-state index in [0.717, 1.165) is 43.5 Å². The summed E-state index contributed by atoms with van der Waals surface area (Å²) in [6.07, 6.45) is -2.24. The van der Waals surface area contributed by atoms with Gasteiger partial charge in [-0.05, 0) is 24.1 Å². The van der Waals surface area contributed by atoms with Crippen molar-refractivity contribution < 1.29 is 27.9 Å². The number of unbranched alkanes of at least 4 members (excludes halogenated alkanes) is 3. The van der Waals surface area contributed by atoms with Crippen molar-refractivity contribution in [2.45, 2.75) is 57.3 Å². The molecule has 140 valence electrons. The number of alkyl halides is 3. The summed E-state index contributed by atoms with van der Waals surface area (Å²) in [5.41, 5.74) is 4.37. The van der Waals surface area contributed by atoms with E-state index in [4.69, 9.17) is 5.73 Å². The number of hydrogen-bond acceptors (Lipinski definition) is 3. The van der Waals surface area contributed by atoms with Crippen molar-refractivity contribution in [3.05, 3.63) is 35.4 Å². The molecule has 0 radical (unpaired) electrons. The number of amides is 2. The average molecular weight is 360 g/mol. The van der Waals surface area contributed by atoms with E-state index in [2.05, 4.69) is 5.32 Å². The Kier molecular flexibility index (Phi) is 7.89. The summed E-state index contributed by atoms with van der Waals surface area (Å²) in [4.78, 5) is 23.5. The first-order chi connectivity index (χ1) is 11.7. The van der Waals surface area contributed by atoms with Gasteiger partial charge < -0.3 is 16.2 Å². The lowest BCUT2D eigenvalue weighted by atomic mass is 10.0. The third-order valence-corrected chi connectivity index (χ3v) is 3.81. The molecule has 0 saturated heterocycles. The molecule has 25 heavy (non-hydrogen) atoms. The van der Waals surface area contributed by atoms with Gasteiger partial charge in [0.2, 0.25) is 5.91 Å². The van der Waals surface area contributed by atoms with Crippen molar-refractivity contribution in [2.75, 3.05) is 0 Å². The molecule has 0 heterocycles. The van der Waals surface area contributed by atoms with E-state index in [1.807, 2.05) is 6.92 Å². The van der Waals surface area contributed by atoms with Gasteiger partial charge in [0.15, 0.2) is 6.10 Å². The zero-order valence-electron chi connectivity index (χ0n) is 14.0. The lowest BCUT2D eigenvalue weighted by molar-refractivity contribution is -0.137. The molecule has 1 aromatic rings. The van der Waals surface area contributed by atoms with Crippen LogP contribution in [0.2, 0.25) is 0 Å². The molecule has 0 aliphatic carbocycles. The summed E-state index contributed by atoms with van der Waals surface area (Å²) in [5, 5.41) is 12.3. The molecule has 5 nitrogen and oxygen atoms in total. The molecule has 1 rings (SSSR count). The molecule has 0 saturated carbocycles. The van der Waals surface area contributed by atoms with Gasteiger partial charge in [-0.3, -0.25) is 9.59 Å². The van der Waals surface area contributed by atoms with Crippen LogP contribution in [0.1, 0.15) is 56.3 Å². The van der Waals surface area contributed by atoms with E-state index in [1.54, 1.807) is 0 Å². The Morgan fingerprint density at radius 2 is 1.76 bits per heavy atom. The van der Waals surface area contributed by atoms with E-state index < -0.39 is 35.7 Å². The third-order valence-electron chi connectivity index (χ3n) is 3.81. The van der Waals surface area contributed by atoms with Gasteiger partial charge in [-0.15, -0.1) is 0 Å². The molecule has 8 heteroatoms. The van der Waals surface area contributed by atoms with E-state index in [1.165, 1.54) is 0 Å². The van der Waals surface area contributed by atoms with Crippen molar-refractivity contribution in [3.8, 4) is 0 Å². The number of benzene rings is 1. The van der Waals surface area contributed by atoms with Crippen LogP contribution in [0.4, 0.5) is 13.2 Å². The monoisotopic (exact) mass is 360 g/mol. The SMILES string of the molecule is CCCCCC[C@H](NC(=O)[C@@H](O)c1ccc(C(F)(F)F)cc1)C(N)=O. The molecule has 0 bridgehead atoms. The van der Waals surface area contributed by atoms with E-state index in [9.17, 15) is 27.9 Å². The van der Waals surface area contributed by atoms with Gasteiger partial charge in [-0.2, -0.15) is 13.2 Å². The highest BCUT2D eigenvalue weighted by Crippen LogP contribution is 2.30. The number of primary amides is 1. The lowest BCUT2D eigenvalue weighted by Crippen LogP contribution is -2.46. The van der Waals surface area contributed by atoms with Crippen molar-refractivity contribution >= 4 is 11.8 Å². The summed E-state index contributed by atoms with van der Waals surface area (Å²) in [7, 11) is 0. The highest BCUT2D eigenvalue weighted by Gasteiger charge is 2.31. The van der Waals surface area contributed by atoms with Gasteiger partial charge in [0.1, 0.15) is 6.04 Å². The number of halogens is 3. The van der Waals surface area contributed by atoms with Crippen LogP contribution in [0.3, 0.4) is 0 Å². The molecular formula is C17H23F3N2O3. The Balaban J connectivity index is 2.68. The number of hydrogen-bond donors (Lipinski definition) is 3. The molecule has 0 aliphatic heterocycles. The molecule has 4 N–H and O–H groups in total. The summed E-state index contributed by atoms with van der Waals surface area (Å²) in [6, 6.07) is 2.68. The molecule has 0 unspecified atom stereocenters. The number of nitrogens with two attached hydrogens (primary N) is 1. The summed E-state index contributed by atoms with van der Waals surface area (Å²) in [5.74, 6) is -1.59. The van der Waals surface area contributed by atoms with Gasteiger partial charge in [0.05, 0.1) is 5.56 Å². The molecule has 2 amide bonds. The zero-order chi connectivity index (χ0) is 19.0. The normalized spacial score (nSPS) is 14.0. The van der Waals surface area contributed by atoms with Crippen molar-refractivity contribution in [3.63, 3.8) is 0 Å². The fraction of sp³-hybridized carbons (Fsp3) is 0.529. The second kappa shape index (κ2) is 9.41. The van der Waals surface area contributed by atoms with Gasteiger partial charge in [0.25, 0.3) is 5.91 Å². The van der Waals surface area contributed by atoms with Gasteiger partial charge in [0, 0.05) is 0 Å². The Morgan fingerprint density at radius 1 is 1.16 bits per heavy atom. The minimum Gasteiger partial charge on any atom is -0.378 e. The number of aliphatic hydroxyl groups excluding tert-OH is 1. The quantitative estimate of drug-likeness (QED) is 0.591. The summed E-state index contributed by atoms with van der Waals surface area (Å²) >= 11 is 0. The van der Waals surface area contributed by atoms with Crippen LogP contribution in [0.5, 0.6) is 0 Å². The highest BCUT2D eigenvalue weighted by molar-refractivity contribution is 5.88. The van der Waals surface area contributed by atoms with Crippen molar-refractivity contribution in [1.82, 2.24) is 5.32 Å². The van der Waals surface area contributed by atoms with Crippen LogP contribution >= 0.6 is 0 Å². The predicted molar refractivity (Wildman–Crippen MR) is 86.3 cm³/mol. The highest BCUT2D eigenvalue weighted by atomic mass is 19.4. The maximum absolute atomic E-state index is 12.5. The Morgan fingerprint density at radius 3 is 2.24 bits per heavy atom. The molecule has 0 spiro atoms. The van der Waals surface area contributed by atoms with Crippen molar-refractivity contribution in [1.29, 1.82) is 0 Å². The van der Waals surface area contributed by atoms with Crippen molar-refractivity contribution in [2.24, 2.45) is 5.73 Å². The fourth-order valence-corrected chi connectivity index (χ4v) is 2.32. The fourth-order valence-electron chi connectivity index (χ4n) is 2.32. The van der Waals surface area contributed by atoms with Crippen LogP contribution in [0, 0.1) is 0 Å². The maximum atomic E-state index is 12.5. The standard InChI is InChI=1S/C17H23F3N2O3/c1-2-3-4-5-6-13(15(21)24)22-16(25)14(23)11-7-9-12(10-8-11)17(18,19)20/h7-10,13-14,23H,2-6H2,1H3,(H2,21,24)(H,22,25)/t13-,14-/m0/s1. The summed E-state index contributed by atoms with van der Waals surface area (Å²) in [6.45, 7) is 2.04. The van der Waals surface area contributed by atoms with Gasteiger partial charge >= 0.3 is 6.18 Å². The third kappa shape index (κ3) is 6.74. The van der Waals surface area contributed by atoms with Gasteiger partial charge in [-0.25, -0.2) is 0 Å². The minimum atomic E-state index is -4.50. The Labute approximate surface area is 144 Å². The number of carbonyl (C=O) groups excluding carboxylic acids is 2. The first kappa shape index (κ1) is 21.0. The van der Waals surface area contributed by atoms with E-state index in [0.29, 0.717) is 12.8 Å². The number of carbonyl (C=O) groups is 2. The molecule has 0 fully saturated rings. The Bertz CT molecular complexity index is 573. The number of aliphatic hydroxyl groups is 1. The number of rotatable bonds is 9. The maximum Gasteiger partial charge on any atom is 0.416 e. The second-order valence-electron chi connectivity index (χ2n) is 5.84. The topological polar surface area (TPSA) is 92.4 Å². The zero-order valence-corrected chi connectivity index (χ0v) is 14.0. The van der Waals surface area contributed by atoms with Crippen LogP contribution in [0.25, 0.3) is 0 Å². The van der Waals surface area contributed by atoms with Gasteiger partial charge in [-0.1, -0.05) is 44.7 Å². The van der Waals surface area contributed by atoms with E-state index in [-0.39, 0.29) is 5.56 Å². The minimum absolute atomic E-state index is 0.000275. The lowest BCUT2D eigenvalue weighted by Gasteiger charge is -2.18.